The molecule has 0 fully saturated rings. The first-order valence-electron chi connectivity index (χ1n) is 7.62. The predicted octanol–water partition coefficient (Wildman–Crippen LogP) is 3.63. The largest absolute Gasteiger partial charge is 0.480 e. The predicted molar refractivity (Wildman–Crippen MR) is 86.3 cm³/mol. The summed E-state index contributed by atoms with van der Waals surface area (Å²) < 4.78 is 43.9. The normalized spacial score (nSPS) is 12.3. The Kier molecular flexibility index (Phi) is 6.21. The zero-order chi connectivity index (χ0) is 19.2. The van der Waals surface area contributed by atoms with Gasteiger partial charge in [0, 0.05) is 6.42 Å². The van der Waals surface area contributed by atoms with Crippen LogP contribution in [0.15, 0.2) is 54.6 Å². The van der Waals surface area contributed by atoms with Crippen LogP contribution in [-0.2, 0) is 28.7 Å². The van der Waals surface area contributed by atoms with E-state index in [2.05, 4.69) is 5.32 Å². The van der Waals surface area contributed by atoms with E-state index in [9.17, 15) is 27.9 Å². The monoisotopic (exact) mass is 367 g/mol. The van der Waals surface area contributed by atoms with Gasteiger partial charge in [0.25, 0.3) is 0 Å². The van der Waals surface area contributed by atoms with Crippen LogP contribution in [0.2, 0.25) is 0 Å². The minimum atomic E-state index is -4.62. The van der Waals surface area contributed by atoms with Crippen molar-refractivity contribution in [2.24, 2.45) is 0 Å². The molecule has 8 heteroatoms. The Hall–Kier alpha value is -3.03. The molecular formula is C18H16F3NO4. The molecule has 0 heterocycles. The van der Waals surface area contributed by atoms with Crippen LogP contribution >= 0.6 is 0 Å². The molecule has 138 valence electrons. The van der Waals surface area contributed by atoms with E-state index >= 15 is 0 Å². The van der Waals surface area contributed by atoms with E-state index in [1.807, 2.05) is 0 Å². The van der Waals surface area contributed by atoms with Crippen LogP contribution in [0.5, 0.6) is 0 Å². The summed E-state index contributed by atoms with van der Waals surface area (Å²) in [6.45, 7) is -0.0852. The lowest BCUT2D eigenvalue weighted by atomic mass is 10.00. The van der Waals surface area contributed by atoms with Crippen molar-refractivity contribution in [3.05, 3.63) is 71.3 Å². The van der Waals surface area contributed by atoms with E-state index in [4.69, 9.17) is 4.74 Å². The Morgan fingerprint density at radius 3 is 2.27 bits per heavy atom. The van der Waals surface area contributed by atoms with Crippen molar-refractivity contribution in [1.29, 1.82) is 0 Å². The lowest BCUT2D eigenvalue weighted by Gasteiger charge is -2.18. The first kappa shape index (κ1) is 19.3. The number of rotatable bonds is 6. The van der Waals surface area contributed by atoms with Crippen LogP contribution in [0, 0.1) is 0 Å². The second-order valence-electron chi connectivity index (χ2n) is 5.46. The maximum absolute atomic E-state index is 13.0. The van der Waals surface area contributed by atoms with Gasteiger partial charge in [0.15, 0.2) is 0 Å². The highest BCUT2D eigenvalue weighted by molar-refractivity contribution is 5.80. The van der Waals surface area contributed by atoms with Gasteiger partial charge in [0.1, 0.15) is 12.6 Å². The van der Waals surface area contributed by atoms with Crippen LogP contribution in [-0.4, -0.2) is 23.2 Å². The molecule has 0 saturated heterocycles. The number of amides is 1. The molecule has 0 bridgehead atoms. The molecular weight excluding hydrogens is 351 g/mol. The van der Waals surface area contributed by atoms with E-state index < -0.39 is 36.3 Å². The molecule has 26 heavy (non-hydrogen) atoms. The highest BCUT2D eigenvalue weighted by Gasteiger charge is 2.34. The molecule has 2 N–H and O–H groups in total. The number of nitrogens with one attached hydrogen (secondary N) is 1. The topological polar surface area (TPSA) is 75.6 Å². The number of alkyl halides is 3. The molecule has 0 aliphatic rings. The number of carbonyl (C=O) groups excluding carboxylic acids is 1. The van der Waals surface area contributed by atoms with Gasteiger partial charge in [-0.15, -0.1) is 0 Å². The third-order valence-electron chi connectivity index (χ3n) is 3.55. The Labute approximate surface area is 147 Å². The van der Waals surface area contributed by atoms with Crippen molar-refractivity contribution in [3.8, 4) is 0 Å². The summed E-state index contributed by atoms with van der Waals surface area (Å²) in [5.41, 5.74) is -0.474. The molecule has 2 aromatic rings. The number of benzene rings is 2. The summed E-state index contributed by atoms with van der Waals surface area (Å²) in [5, 5.41) is 11.3. The average Bonchev–Trinajstić information content (AvgIpc) is 2.60. The Morgan fingerprint density at radius 1 is 1.04 bits per heavy atom. The molecule has 5 nitrogen and oxygen atoms in total. The van der Waals surface area contributed by atoms with Gasteiger partial charge in [0.05, 0.1) is 5.56 Å². The van der Waals surface area contributed by atoms with Crippen LogP contribution in [0.3, 0.4) is 0 Å². The van der Waals surface area contributed by atoms with Crippen LogP contribution in [0.4, 0.5) is 18.0 Å². The van der Waals surface area contributed by atoms with Crippen LogP contribution in [0.1, 0.15) is 16.7 Å². The first-order valence-corrected chi connectivity index (χ1v) is 7.62. The van der Waals surface area contributed by atoms with Crippen LogP contribution < -0.4 is 5.32 Å². The van der Waals surface area contributed by atoms with Crippen molar-refractivity contribution in [2.75, 3.05) is 0 Å². The number of alkyl carbamates (subject to hydrolysis) is 1. The van der Waals surface area contributed by atoms with Crippen molar-refractivity contribution < 1.29 is 32.6 Å². The number of hydrogen-bond acceptors (Lipinski definition) is 3. The van der Waals surface area contributed by atoms with Crippen molar-refractivity contribution >= 4 is 12.1 Å². The average molecular weight is 367 g/mol. The minimum Gasteiger partial charge on any atom is -0.480 e. The van der Waals surface area contributed by atoms with Gasteiger partial charge >= 0.3 is 18.2 Å². The maximum atomic E-state index is 13.0. The SMILES string of the molecule is O=C(NC(Cc1ccccc1C(F)(F)F)C(=O)O)OCc1ccccc1. The van der Waals surface area contributed by atoms with Crippen LogP contribution in [0.25, 0.3) is 0 Å². The van der Waals surface area contributed by atoms with Gasteiger partial charge in [-0.1, -0.05) is 48.5 Å². The molecule has 0 aromatic heterocycles. The van der Waals surface area contributed by atoms with Gasteiger partial charge < -0.3 is 15.2 Å². The summed E-state index contributed by atoms with van der Waals surface area (Å²) in [5.74, 6) is -1.46. The third kappa shape index (κ3) is 5.51. The molecule has 1 atom stereocenters. The van der Waals surface area contributed by atoms with Gasteiger partial charge in [-0.25, -0.2) is 9.59 Å². The first-order chi connectivity index (χ1) is 12.3. The lowest BCUT2D eigenvalue weighted by molar-refractivity contribution is -0.141. The number of aliphatic carboxylic acids is 1. The molecule has 0 radical (unpaired) electrons. The lowest BCUT2D eigenvalue weighted by Crippen LogP contribution is -2.42. The summed E-state index contributed by atoms with van der Waals surface area (Å²) in [4.78, 5) is 23.1. The van der Waals surface area contributed by atoms with E-state index in [0.29, 0.717) is 5.56 Å². The third-order valence-corrected chi connectivity index (χ3v) is 3.55. The zero-order valence-electron chi connectivity index (χ0n) is 13.5. The van der Waals surface area contributed by atoms with Gasteiger partial charge in [-0.2, -0.15) is 13.2 Å². The number of carboxylic acids is 1. The number of ether oxygens (including phenoxy) is 1. The van der Waals surface area contributed by atoms with Crippen molar-refractivity contribution in [1.82, 2.24) is 5.32 Å². The summed E-state index contributed by atoms with van der Waals surface area (Å²) in [6.07, 6.45) is -6.16. The molecule has 1 amide bonds. The van der Waals surface area contributed by atoms with Gasteiger partial charge in [-0.3, -0.25) is 0 Å². The zero-order valence-corrected chi connectivity index (χ0v) is 13.5. The van der Waals surface area contributed by atoms with E-state index in [-0.39, 0.29) is 12.2 Å². The second-order valence-corrected chi connectivity index (χ2v) is 5.46. The number of carbonyl (C=O) groups is 2. The standard InChI is InChI=1S/C18H16F3NO4/c19-18(20,21)14-9-5-4-8-13(14)10-15(16(23)24)22-17(25)26-11-12-6-2-1-3-7-12/h1-9,15H,10-11H2,(H,22,25)(H,23,24). The molecule has 1 unspecified atom stereocenters. The molecule has 0 saturated carbocycles. The summed E-state index contributed by atoms with van der Waals surface area (Å²) >= 11 is 0. The molecule has 0 spiro atoms. The van der Waals surface area contributed by atoms with Crippen molar-refractivity contribution in [2.45, 2.75) is 25.2 Å². The molecule has 0 aliphatic heterocycles. The quantitative estimate of drug-likeness (QED) is 0.818. The Balaban J connectivity index is 2.03. The van der Waals surface area contributed by atoms with Gasteiger partial charge in [-0.05, 0) is 17.2 Å². The van der Waals surface area contributed by atoms with Gasteiger partial charge in [0.2, 0.25) is 0 Å². The molecule has 0 aliphatic carbocycles. The summed E-state index contributed by atoms with van der Waals surface area (Å²) in [7, 11) is 0. The fourth-order valence-electron chi connectivity index (χ4n) is 2.30. The smallest absolute Gasteiger partial charge is 0.416 e. The highest BCUT2D eigenvalue weighted by Crippen LogP contribution is 2.32. The highest BCUT2D eigenvalue weighted by atomic mass is 19.4. The fourth-order valence-corrected chi connectivity index (χ4v) is 2.30. The number of halogens is 3. The maximum Gasteiger partial charge on any atom is 0.416 e. The molecule has 2 rings (SSSR count). The Bertz CT molecular complexity index is 763. The molecule has 2 aromatic carbocycles. The minimum absolute atomic E-state index is 0.0852. The Morgan fingerprint density at radius 2 is 1.65 bits per heavy atom. The second kappa shape index (κ2) is 8.37. The number of carboxylic acid groups (broad SMARTS) is 1. The summed E-state index contributed by atoms with van der Waals surface area (Å²) in [6, 6.07) is 11.8. The van der Waals surface area contributed by atoms with E-state index in [0.717, 1.165) is 6.07 Å². The van der Waals surface area contributed by atoms with E-state index in [1.165, 1.54) is 18.2 Å². The number of hydrogen-bond donors (Lipinski definition) is 2. The fraction of sp³-hybridized carbons (Fsp3) is 0.222. The van der Waals surface area contributed by atoms with E-state index in [1.54, 1.807) is 30.3 Å². The van der Waals surface area contributed by atoms with Crippen molar-refractivity contribution in [3.63, 3.8) is 0 Å².